The minimum Gasteiger partial charge on any atom is -0.465 e. The van der Waals surface area contributed by atoms with Crippen LogP contribution in [0.5, 0.6) is 0 Å². The third-order valence-corrected chi connectivity index (χ3v) is 2.14. The lowest BCUT2D eigenvalue weighted by Crippen LogP contribution is -2.12. The number of hydrogen-bond donors (Lipinski definition) is 3. The summed E-state index contributed by atoms with van der Waals surface area (Å²) in [6, 6.07) is 0. The number of carbonyl (C=O) groups is 1. The minimum absolute atomic E-state index is 0.331. The quantitative estimate of drug-likeness (QED) is 0.281. The largest absolute Gasteiger partial charge is 0.465 e. The summed E-state index contributed by atoms with van der Waals surface area (Å²) in [6.07, 6.45) is 1.81. The average Bonchev–Trinajstić information content (AvgIpc) is 2.59. The highest BCUT2D eigenvalue weighted by Gasteiger charge is 2.19. The molecule has 4 N–H and O–H groups in total. The van der Waals surface area contributed by atoms with Crippen LogP contribution in [0.4, 0.5) is 5.82 Å². The molecule has 0 aliphatic carbocycles. The molecule has 0 saturated heterocycles. The number of anilines is 1. The summed E-state index contributed by atoms with van der Waals surface area (Å²) >= 11 is 1.34. The topological polar surface area (TPSA) is 93.0 Å². The van der Waals surface area contributed by atoms with Gasteiger partial charge in [-0.2, -0.15) is 5.10 Å². The maximum atomic E-state index is 11.2. The Morgan fingerprint density at radius 1 is 1.77 bits per heavy atom. The normalized spacial score (nSPS) is 9.77. The van der Waals surface area contributed by atoms with E-state index >= 15 is 0 Å². The summed E-state index contributed by atoms with van der Waals surface area (Å²) in [5, 5.41) is 7.01. The van der Waals surface area contributed by atoms with Gasteiger partial charge in [-0.25, -0.2) is 10.6 Å². The number of aromatic amines is 1. The van der Waals surface area contributed by atoms with Crippen LogP contribution in [0, 0.1) is 0 Å². The molecule has 0 amide bonds. The van der Waals surface area contributed by atoms with Crippen molar-refractivity contribution in [1.82, 2.24) is 10.2 Å². The molecule has 72 valence electrons. The molecule has 0 atom stereocenters. The van der Waals surface area contributed by atoms with Gasteiger partial charge >= 0.3 is 5.97 Å². The van der Waals surface area contributed by atoms with Crippen LogP contribution >= 0.6 is 11.8 Å². The van der Waals surface area contributed by atoms with Crippen molar-refractivity contribution in [3.63, 3.8) is 0 Å². The van der Waals surface area contributed by atoms with Gasteiger partial charge in [0, 0.05) is 0 Å². The SMILES string of the molecule is COC(=O)c1c(SC)n[nH]c1NN. The molecule has 0 aliphatic heterocycles. The van der Waals surface area contributed by atoms with Gasteiger partial charge in [-0.1, -0.05) is 0 Å². The van der Waals surface area contributed by atoms with Crippen molar-refractivity contribution in [3.8, 4) is 0 Å². The molecule has 0 aromatic carbocycles. The predicted octanol–water partition coefficient (Wildman–Crippen LogP) is 0.204. The molecule has 1 aromatic heterocycles. The van der Waals surface area contributed by atoms with Crippen molar-refractivity contribution in [2.45, 2.75) is 5.03 Å². The first-order valence-corrected chi connectivity index (χ1v) is 4.64. The van der Waals surface area contributed by atoms with E-state index in [0.29, 0.717) is 16.4 Å². The first-order valence-electron chi connectivity index (χ1n) is 3.41. The van der Waals surface area contributed by atoms with Gasteiger partial charge in [-0.3, -0.25) is 5.10 Å². The number of ether oxygens (including phenoxy) is 1. The fraction of sp³-hybridized carbons (Fsp3) is 0.333. The first-order chi connectivity index (χ1) is 6.24. The highest BCUT2D eigenvalue weighted by Crippen LogP contribution is 2.23. The van der Waals surface area contributed by atoms with Gasteiger partial charge in [-0.15, -0.1) is 11.8 Å². The number of nitrogens with two attached hydrogens (primary N) is 1. The zero-order valence-corrected chi connectivity index (χ0v) is 8.07. The number of nitrogens with zero attached hydrogens (tertiary/aromatic N) is 1. The first kappa shape index (κ1) is 9.87. The molecule has 13 heavy (non-hydrogen) atoms. The standard InChI is InChI=1S/C6H10N4O2S/c1-12-6(11)3-4(8-7)9-10-5(3)13-2/h7H2,1-2H3,(H2,8,9,10). The summed E-state index contributed by atoms with van der Waals surface area (Å²) in [6.45, 7) is 0. The van der Waals surface area contributed by atoms with Crippen LogP contribution in [-0.4, -0.2) is 29.5 Å². The van der Waals surface area contributed by atoms with Crippen molar-refractivity contribution in [3.05, 3.63) is 5.56 Å². The number of hydrogen-bond acceptors (Lipinski definition) is 6. The van der Waals surface area contributed by atoms with Gasteiger partial charge in [-0.05, 0) is 6.26 Å². The van der Waals surface area contributed by atoms with E-state index in [1.807, 2.05) is 6.26 Å². The van der Waals surface area contributed by atoms with Crippen molar-refractivity contribution < 1.29 is 9.53 Å². The average molecular weight is 202 g/mol. The number of aromatic nitrogens is 2. The fourth-order valence-electron chi connectivity index (χ4n) is 0.869. The van der Waals surface area contributed by atoms with Crippen LogP contribution in [-0.2, 0) is 4.74 Å². The van der Waals surface area contributed by atoms with Crippen molar-refractivity contribution in [1.29, 1.82) is 0 Å². The number of H-pyrrole nitrogens is 1. The van der Waals surface area contributed by atoms with E-state index in [4.69, 9.17) is 5.84 Å². The maximum absolute atomic E-state index is 11.2. The summed E-state index contributed by atoms with van der Waals surface area (Å²) in [4.78, 5) is 11.2. The Morgan fingerprint density at radius 3 is 2.92 bits per heavy atom. The molecule has 7 heteroatoms. The zero-order valence-electron chi connectivity index (χ0n) is 7.25. The van der Waals surface area contributed by atoms with E-state index in [0.717, 1.165) is 0 Å². The third-order valence-electron chi connectivity index (χ3n) is 1.46. The van der Waals surface area contributed by atoms with Gasteiger partial charge in [0.25, 0.3) is 0 Å². The molecule has 0 aliphatic rings. The minimum atomic E-state index is -0.467. The number of rotatable bonds is 3. The smallest absolute Gasteiger partial charge is 0.344 e. The highest BCUT2D eigenvalue weighted by atomic mass is 32.2. The van der Waals surface area contributed by atoms with Crippen LogP contribution in [0.2, 0.25) is 0 Å². The summed E-state index contributed by atoms with van der Waals surface area (Å²) < 4.78 is 4.57. The second kappa shape index (κ2) is 4.15. The third kappa shape index (κ3) is 1.76. The highest BCUT2D eigenvalue weighted by molar-refractivity contribution is 7.98. The van der Waals surface area contributed by atoms with Gasteiger partial charge in [0.05, 0.1) is 7.11 Å². The van der Waals surface area contributed by atoms with E-state index in [9.17, 15) is 4.79 Å². The van der Waals surface area contributed by atoms with E-state index in [1.165, 1.54) is 18.9 Å². The number of carbonyl (C=O) groups excluding carboxylic acids is 1. The predicted molar refractivity (Wildman–Crippen MR) is 49.5 cm³/mol. The summed E-state index contributed by atoms with van der Waals surface area (Å²) in [5.74, 6) is 5.06. The number of thioether (sulfide) groups is 1. The van der Waals surface area contributed by atoms with Crippen molar-refractivity contribution in [2.24, 2.45) is 5.84 Å². The van der Waals surface area contributed by atoms with Crippen LogP contribution in [0.3, 0.4) is 0 Å². The van der Waals surface area contributed by atoms with Crippen molar-refractivity contribution in [2.75, 3.05) is 18.8 Å². The van der Waals surface area contributed by atoms with E-state index in [1.54, 1.807) is 0 Å². The fourth-order valence-corrected chi connectivity index (χ4v) is 1.40. The zero-order chi connectivity index (χ0) is 9.84. The van der Waals surface area contributed by atoms with Crippen LogP contribution in [0.15, 0.2) is 5.03 Å². The number of methoxy groups -OCH3 is 1. The van der Waals surface area contributed by atoms with E-state index in [-0.39, 0.29) is 0 Å². The Morgan fingerprint density at radius 2 is 2.46 bits per heavy atom. The number of hydrazine groups is 1. The number of esters is 1. The van der Waals surface area contributed by atoms with E-state index in [2.05, 4.69) is 20.4 Å². The molecular formula is C6H10N4O2S. The second-order valence-electron chi connectivity index (χ2n) is 2.12. The molecule has 0 radical (unpaired) electrons. The lowest BCUT2D eigenvalue weighted by Gasteiger charge is -2.00. The van der Waals surface area contributed by atoms with Gasteiger partial charge in [0.15, 0.2) is 5.82 Å². The molecule has 6 nitrogen and oxygen atoms in total. The second-order valence-corrected chi connectivity index (χ2v) is 2.91. The number of nitrogen functional groups attached to an aromatic ring is 1. The van der Waals surface area contributed by atoms with Crippen LogP contribution < -0.4 is 11.3 Å². The van der Waals surface area contributed by atoms with Gasteiger partial charge < -0.3 is 10.2 Å². The molecule has 0 spiro atoms. The Hall–Kier alpha value is -1.21. The number of nitrogens with one attached hydrogen (secondary N) is 2. The lowest BCUT2D eigenvalue weighted by molar-refractivity contribution is 0.0598. The molecule has 0 unspecified atom stereocenters. The molecule has 0 bridgehead atoms. The Labute approximate surface area is 79.2 Å². The van der Waals surface area contributed by atoms with Crippen molar-refractivity contribution >= 4 is 23.5 Å². The monoisotopic (exact) mass is 202 g/mol. The Kier molecular flexibility index (Phi) is 3.15. The molecule has 0 fully saturated rings. The molecule has 1 rings (SSSR count). The molecular weight excluding hydrogens is 192 g/mol. The lowest BCUT2D eigenvalue weighted by atomic mass is 10.3. The van der Waals surface area contributed by atoms with Gasteiger partial charge in [0.1, 0.15) is 10.6 Å². The molecule has 1 heterocycles. The Bertz CT molecular complexity index is 290. The summed E-state index contributed by atoms with van der Waals surface area (Å²) in [7, 11) is 1.31. The summed E-state index contributed by atoms with van der Waals surface area (Å²) in [5.41, 5.74) is 2.66. The van der Waals surface area contributed by atoms with E-state index < -0.39 is 5.97 Å². The maximum Gasteiger partial charge on any atom is 0.344 e. The molecule has 0 saturated carbocycles. The van der Waals surface area contributed by atoms with Crippen LogP contribution in [0.1, 0.15) is 10.4 Å². The molecule has 1 aromatic rings. The van der Waals surface area contributed by atoms with Gasteiger partial charge in [0.2, 0.25) is 0 Å². The Balaban J connectivity index is 3.12. The van der Waals surface area contributed by atoms with Crippen LogP contribution in [0.25, 0.3) is 0 Å².